The second-order valence-corrected chi connectivity index (χ2v) is 17.0. The molecular weight excluding hydrogens is 606 g/mol. The first-order valence-electron chi connectivity index (χ1n) is 16.6. The van der Waals surface area contributed by atoms with Gasteiger partial charge in [-0.1, -0.05) is 66.7 Å². The highest BCUT2D eigenvalue weighted by Gasteiger charge is 2.42. The van der Waals surface area contributed by atoms with Crippen molar-refractivity contribution in [2.24, 2.45) is 28.8 Å². The molecule has 0 heterocycles. The summed E-state index contributed by atoms with van der Waals surface area (Å²) in [6.45, 7) is 10.8. The third-order valence-corrected chi connectivity index (χ3v) is 11.8. The molecule has 2 fully saturated rings. The molecule has 0 aromatic carbocycles. The van der Waals surface area contributed by atoms with E-state index < -0.39 is 55.2 Å². The van der Waals surface area contributed by atoms with Crippen molar-refractivity contribution in [1.29, 1.82) is 0 Å². The van der Waals surface area contributed by atoms with Gasteiger partial charge >= 0.3 is 0 Å². The van der Waals surface area contributed by atoms with E-state index in [1.807, 2.05) is 27.7 Å². The molecule has 0 spiro atoms. The standard InChI is InChI=1S/C30H59N5O7S2/c1-6-14-34(15-7-2)30(38)25-17-24(18-26(19-25)44(31,41)42)29(37)32-27(16-23-12-10-9-11-13-23)28(36)20-35(8-3)33-43(39,40)21-22(4)5/h22-28,33,36H,6-21H2,1-5H3,(H,32,37)(H2,31,41,42). The number of nitrogens with zero attached hydrogens (tertiary/aromatic N) is 2. The Hall–Kier alpha value is -1.32. The number of aliphatic hydroxyl groups excluding tert-OH is 1. The first-order valence-corrected chi connectivity index (χ1v) is 19.9. The predicted octanol–water partition coefficient (Wildman–Crippen LogP) is 2.34. The van der Waals surface area contributed by atoms with E-state index >= 15 is 0 Å². The normalized spacial score (nSPS) is 23.4. The van der Waals surface area contributed by atoms with Crippen LogP contribution in [0.3, 0.4) is 0 Å². The summed E-state index contributed by atoms with van der Waals surface area (Å²) in [5, 5.41) is 20.4. The number of carbonyl (C=O) groups is 2. The largest absolute Gasteiger partial charge is 0.390 e. The van der Waals surface area contributed by atoms with Crippen LogP contribution < -0.4 is 15.3 Å². The Morgan fingerprint density at radius 2 is 1.52 bits per heavy atom. The Labute approximate surface area is 266 Å². The monoisotopic (exact) mass is 665 g/mol. The van der Waals surface area contributed by atoms with Crippen molar-refractivity contribution in [3.05, 3.63) is 0 Å². The summed E-state index contributed by atoms with van der Waals surface area (Å²) in [5.41, 5.74) is 0. The van der Waals surface area contributed by atoms with E-state index in [-0.39, 0.29) is 43.4 Å². The van der Waals surface area contributed by atoms with Gasteiger partial charge in [-0.3, -0.25) is 9.59 Å². The molecule has 2 saturated carbocycles. The Kier molecular flexibility index (Phi) is 16.0. The Balaban J connectivity index is 2.27. The van der Waals surface area contributed by atoms with Crippen LogP contribution in [0.2, 0.25) is 0 Å². The number of hydrogen-bond donors (Lipinski definition) is 4. The first kappa shape index (κ1) is 38.9. The molecule has 0 aromatic rings. The molecule has 5 unspecified atom stereocenters. The molecule has 5 N–H and O–H groups in total. The number of likely N-dealkylation sites (N-methyl/N-ethyl adjacent to an activating group) is 1. The van der Waals surface area contributed by atoms with E-state index in [4.69, 9.17) is 5.14 Å². The molecule has 0 aliphatic heterocycles. The van der Waals surface area contributed by atoms with Crippen molar-refractivity contribution in [1.82, 2.24) is 20.1 Å². The summed E-state index contributed by atoms with van der Waals surface area (Å²) in [5.74, 6) is -1.79. The number of rotatable bonds is 18. The van der Waals surface area contributed by atoms with E-state index in [2.05, 4.69) is 10.1 Å². The van der Waals surface area contributed by atoms with Gasteiger partial charge in [0, 0.05) is 38.0 Å². The molecule has 0 aromatic heterocycles. The predicted molar refractivity (Wildman–Crippen MR) is 173 cm³/mol. The number of nitrogens with two attached hydrogens (primary N) is 1. The van der Waals surface area contributed by atoms with Gasteiger partial charge in [0.2, 0.25) is 31.9 Å². The number of hydrazine groups is 1. The fourth-order valence-corrected chi connectivity index (χ4v) is 9.28. The molecule has 0 radical (unpaired) electrons. The van der Waals surface area contributed by atoms with Gasteiger partial charge in [-0.15, -0.1) is 4.83 Å². The van der Waals surface area contributed by atoms with Gasteiger partial charge in [-0.2, -0.15) is 0 Å². The summed E-state index contributed by atoms with van der Waals surface area (Å²) < 4.78 is 50.2. The average Bonchev–Trinajstić information content (AvgIpc) is 2.94. The van der Waals surface area contributed by atoms with Crippen molar-refractivity contribution in [2.75, 3.05) is 31.9 Å². The lowest BCUT2D eigenvalue weighted by Crippen LogP contribution is -2.55. The number of hydrogen-bond acceptors (Lipinski definition) is 8. The van der Waals surface area contributed by atoms with Gasteiger partial charge in [-0.25, -0.2) is 27.0 Å². The van der Waals surface area contributed by atoms with Crippen molar-refractivity contribution in [3.63, 3.8) is 0 Å². The molecular formula is C30H59N5O7S2. The highest BCUT2D eigenvalue weighted by Crippen LogP contribution is 2.35. The molecule has 2 aliphatic carbocycles. The van der Waals surface area contributed by atoms with Crippen molar-refractivity contribution in [2.45, 2.75) is 123 Å². The van der Waals surface area contributed by atoms with Crippen molar-refractivity contribution in [3.8, 4) is 0 Å². The van der Waals surface area contributed by atoms with Crippen molar-refractivity contribution < 1.29 is 31.5 Å². The molecule has 2 rings (SSSR count). The maximum Gasteiger partial charge on any atom is 0.225 e. The maximum absolute atomic E-state index is 13.8. The topological polar surface area (TPSA) is 179 Å². The molecule has 5 atom stereocenters. The van der Waals surface area contributed by atoms with Crippen LogP contribution in [0.4, 0.5) is 0 Å². The lowest BCUT2D eigenvalue weighted by atomic mass is 9.79. The van der Waals surface area contributed by atoms with Crippen LogP contribution in [-0.2, 0) is 29.6 Å². The molecule has 44 heavy (non-hydrogen) atoms. The highest BCUT2D eigenvalue weighted by atomic mass is 32.2. The summed E-state index contributed by atoms with van der Waals surface area (Å²) >= 11 is 0. The minimum absolute atomic E-state index is 0.0122. The molecule has 258 valence electrons. The van der Waals surface area contributed by atoms with Crippen LogP contribution in [0.1, 0.15) is 105 Å². The van der Waals surface area contributed by atoms with Gasteiger partial charge < -0.3 is 15.3 Å². The van der Waals surface area contributed by atoms with E-state index in [0.29, 0.717) is 32.0 Å². The number of amides is 2. The number of carbonyl (C=O) groups excluding carboxylic acids is 2. The van der Waals surface area contributed by atoms with E-state index in [9.17, 15) is 31.5 Å². The fourth-order valence-electron chi connectivity index (χ4n) is 6.73. The van der Waals surface area contributed by atoms with Gasteiger partial charge in [0.1, 0.15) is 0 Å². The lowest BCUT2D eigenvalue weighted by molar-refractivity contribution is -0.138. The zero-order chi connectivity index (χ0) is 33.1. The highest BCUT2D eigenvalue weighted by molar-refractivity contribution is 7.89. The zero-order valence-corrected chi connectivity index (χ0v) is 29.2. The second-order valence-electron chi connectivity index (χ2n) is 13.4. The molecule has 0 bridgehead atoms. The fraction of sp³-hybridized carbons (Fsp3) is 0.933. The number of sulfonamides is 2. The van der Waals surface area contributed by atoms with Crippen molar-refractivity contribution >= 4 is 31.9 Å². The SMILES string of the molecule is CCCN(CCC)C(=O)C1CC(C(=O)NC(CC2CCCCC2)C(O)CN(CC)NS(=O)(=O)CC(C)C)CC(S(N)(=O)=O)C1. The van der Waals surface area contributed by atoms with Crippen LogP contribution in [0, 0.1) is 23.7 Å². The van der Waals surface area contributed by atoms with Gasteiger partial charge in [0.15, 0.2) is 0 Å². The van der Waals surface area contributed by atoms with Crippen LogP contribution in [0.5, 0.6) is 0 Å². The Morgan fingerprint density at radius 3 is 2.05 bits per heavy atom. The number of nitrogens with one attached hydrogen (secondary N) is 2. The minimum Gasteiger partial charge on any atom is -0.390 e. The number of primary sulfonamides is 1. The van der Waals surface area contributed by atoms with Gasteiger partial charge in [0.25, 0.3) is 0 Å². The molecule has 0 saturated heterocycles. The summed E-state index contributed by atoms with van der Waals surface area (Å²) in [7, 11) is -7.60. The summed E-state index contributed by atoms with van der Waals surface area (Å²) in [6, 6.07) is -0.671. The van der Waals surface area contributed by atoms with Crippen LogP contribution in [-0.4, -0.2) is 93.0 Å². The van der Waals surface area contributed by atoms with Crippen LogP contribution in [0.15, 0.2) is 0 Å². The van der Waals surface area contributed by atoms with Crippen LogP contribution >= 0.6 is 0 Å². The van der Waals surface area contributed by atoms with E-state index in [1.165, 1.54) is 5.01 Å². The van der Waals surface area contributed by atoms with E-state index in [1.54, 1.807) is 11.8 Å². The van der Waals surface area contributed by atoms with E-state index in [0.717, 1.165) is 44.9 Å². The Morgan fingerprint density at radius 1 is 0.932 bits per heavy atom. The second kappa shape index (κ2) is 18.1. The average molecular weight is 666 g/mol. The van der Waals surface area contributed by atoms with Gasteiger partial charge in [-0.05, 0) is 50.4 Å². The first-order chi connectivity index (χ1) is 20.6. The quantitative estimate of drug-likeness (QED) is 0.161. The molecule has 14 heteroatoms. The third-order valence-electron chi connectivity index (χ3n) is 8.86. The Bertz CT molecular complexity index is 1110. The zero-order valence-electron chi connectivity index (χ0n) is 27.5. The molecule has 2 amide bonds. The lowest BCUT2D eigenvalue weighted by Gasteiger charge is -2.37. The summed E-state index contributed by atoms with van der Waals surface area (Å²) in [6.07, 6.45) is 6.55. The minimum atomic E-state index is -3.99. The third kappa shape index (κ3) is 12.8. The summed E-state index contributed by atoms with van der Waals surface area (Å²) in [4.78, 5) is 31.6. The smallest absolute Gasteiger partial charge is 0.225 e. The molecule has 12 nitrogen and oxygen atoms in total. The maximum atomic E-state index is 13.8. The number of aliphatic hydroxyl groups is 1. The van der Waals surface area contributed by atoms with Gasteiger partial charge in [0.05, 0.1) is 23.1 Å². The molecule has 2 aliphatic rings. The van der Waals surface area contributed by atoms with Crippen LogP contribution in [0.25, 0.3) is 0 Å².